The number of aromatic nitrogens is 3. The molecule has 4 heteroatoms. The Morgan fingerprint density at radius 3 is 2.88 bits per heavy atom. The molecule has 82 valence electrons. The number of aryl methyl sites for hydroxylation is 1. The van der Waals surface area contributed by atoms with Crippen LogP contribution in [-0.4, -0.2) is 14.8 Å². The van der Waals surface area contributed by atoms with Gasteiger partial charge < -0.3 is 4.57 Å². The Bertz CT molecular complexity index is 529. The average Bonchev–Trinajstić information content (AvgIpc) is 3.01. The summed E-state index contributed by atoms with van der Waals surface area (Å²) in [6.45, 7) is 2.09. The Morgan fingerprint density at radius 1 is 1.38 bits per heavy atom. The number of hydrogen-bond acceptors (Lipinski definition) is 2. The predicted octanol–water partition coefficient (Wildman–Crippen LogP) is 3.35. The van der Waals surface area contributed by atoms with E-state index in [2.05, 4.69) is 55.8 Å². The smallest absolute Gasteiger partial charge is 0.164 e. The van der Waals surface area contributed by atoms with Gasteiger partial charge in [-0.1, -0.05) is 22.0 Å². The van der Waals surface area contributed by atoms with Gasteiger partial charge in [-0.25, -0.2) is 0 Å². The van der Waals surface area contributed by atoms with Crippen LogP contribution in [0.3, 0.4) is 0 Å². The zero-order valence-corrected chi connectivity index (χ0v) is 10.6. The fourth-order valence-corrected chi connectivity index (χ4v) is 2.10. The highest BCUT2D eigenvalue weighted by Gasteiger charge is 2.26. The molecule has 1 saturated carbocycles. The monoisotopic (exact) mass is 277 g/mol. The summed E-state index contributed by atoms with van der Waals surface area (Å²) < 4.78 is 3.32. The van der Waals surface area contributed by atoms with Gasteiger partial charge in [0.15, 0.2) is 5.82 Å². The zero-order valence-electron chi connectivity index (χ0n) is 9.02. The van der Waals surface area contributed by atoms with Gasteiger partial charge in [-0.2, -0.15) is 0 Å². The van der Waals surface area contributed by atoms with Crippen LogP contribution in [0.15, 0.2) is 29.0 Å². The maximum absolute atomic E-state index is 4.22. The van der Waals surface area contributed by atoms with Gasteiger partial charge in [0.2, 0.25) is 0 Å². The molecule has 1 heterocycles. The van der Waals surface area contributed by atoms with E-state index in [1.54, 1.807) is 0 Å². The summed E-state index contributed by atoms with van der Waals surface area (Å²) in [7, 11) is 0. The van der Waals surface area contributed by atoms with Gasteiger partial charge in [-0.15, -0.1) is 10.2 Å². The van der Waals surface area contributed by atoms with Crippen molar-refractivity contribution in [2.45, 2.75) is 25.8 Å². The minimum absolute atomic E-state index is 0.619. The molecular weight excluding hydrogens is 266 g/mol. The molecule has 0 N–H and O–H groups in total. The van der Waals surface area contributed by atoms with Crippen molar-refractivity contribution in [1.82, 2.24) is 14.8 Å². The van der Waals surface area contributed by atoms with Crippen LogP contribution >= 0.6 is 15.9 Å². The lowest BCUT2D eigenvalue weighted by molar-refractivity contribution is 0.746. The fourth-order valence-electron chi connectivity index (χ4n) is 1.85. The number of rotatable bonds is 2. The molecule has 1 aromatic heterocycles. The molecule has 0 aliphatic heterocycles. The molecule has 2 aromatic rings. The lowest BCUT2D eigenvalue weighted by Gasteiger charge is -2.06. The van der Waals surface area contributed by atoms with Crippen molar-refractivity contribution >= 4 is 15.9 Å². The van der Waals surface area contributed by atoms with Crippen LogP contribution in [0.5, 0.6) is 0 Å². The zero-order chi connectivity index (χ0) is 11.1. The molecule has 1 aliphatic rings. The van der Waals surface area contributed by atoms with E-state index in [0.717, 1.165) is 15.9 Å². The van der Waals surface area contributed by atoms with Crippen LogP contribution in [0.1, 0.15) is 24.4 Å². The van der Waals surface area contributed by atoms with E-state index in [0.29, 0.717) is 6.04 Å². The topological polar surface area (TPSA) is 30.7 Å². The van der Waals surface area contributed by atoms with Crippen molar-refractivity contribution in [2.75, 3.05) is 0 Å². The summed E-state index contributed by atoms with van der Waals surface area (Å²) >= 11 is 3.51. The van der Waals surface area contributed by atoms with Crippen LogP contribution in [-0.2, 0) is 0 Å². The van der Waals surface area contributed by atoms with Gasteiger partial charge in [-0.05, 0) is 37.5 Å². The Balaban J connectivity index is 2.07. The molecular formula is C12H12BrN3. The highest BCUT2D eigenvalue weighted by Crippen LogP contribution is 2.37. The van der Waals surface area contributed by atoms with E-state index in [-0.39, 0.29) is 0 Å². The molecule has 3 nitrogen and oxygen atoms in total. The molecule has 1 aromatic carbocycles. The van der Waals surface area contributed by atoms with Crippen molar-refractivity contribution in [3.8, 4) is 11.4 Å². The minimum atomic E-state index is 0.619. The SMILES string of the molecule is Cc1cc(-c2nncn2C2CC2)ccc1Br. The van der Waals surface area contributed by atoms with Crippen LogP contribution < -0.4 is 0 Å². The van der Waals surface area contributed by atoms with Gasteiger partial charge in [0.1, 0.15) is 6.33 Å². The Kier molecular flexibility index (Phi) is 2.32. The first-order valence-electron chi connectivity index (χ1n) is 5.42. The second kappa shape index (κ2) is 3.70. The molecule has 0 bridgehead atoms. The van der Waals surface area contributed by atoms with Crippen LogP contribution in [0.2, 0.25) is 0 Å². The Labute approximate surface area is 103 Å². The average molecular weight is 278 g/mol. The van der Waals surface area contributed by atoms with Crippen molar-refractivity contribution in [3.05, 3.63) is 34.6 Å². The van der Waals surface area contributed by atoms with Crippen molar-refractivity contribution in [1.29, 1.82) is 0 Å². The van der Waals surface area contributed by atoms with Crippen molar-refractivity contribution in [2.24, 2.45) is 0 Å². The maximum Gasteiger partial charge on any atom is 0.164 e. The van der Waals surface area contributed by atoms with E-state index in [4.69, 9.17) is 0 Å². The van der Waals surface area contributed by atoms with Crippen molar-refractivity contribution < 1.29 is 0 Å². The first-order valence-corrected chi connectivity index (χ1v) is 6.21. The van der Waals surface area contributed by atoms with E-state index < -0.39 is 0 Å². The highest BCUT2D eigenvalue weighted by atomic mass is 79.9. The summed E-state index contributed by atoms with van der Waals surface area (Å²) in [6.07, 6.45) is 4.34. The van der Waals surface area contributed by atoms with E-state index >= 15 is 0 Å². The summed E-state index contributed by atoms with van der Waals surface area (Å²) in [5.74, 6) is 0.984. The second-order valence-electron chi connectivity index (χ2n) is 4.26. The molecule has 0 atom stereocenters. The van der Waals surface area contributed by atoms with Gasteiger partial charge in [0.25, 0.3) is 0 Å². The molecule has 0 spiro atoms. The third kappa shape index (κ3) is 1.67. The van der Waals surface area contributed by atoms with E-state index in [1.165, 1.54) is 18.4 Å². The number of benzene rings is 1. The normalized spacial score (nSPS) is 15.4. The summed E-state index contributed by atoms with van der Waals surface area (Å²) in [5.41, 5.74) is 2.37. The molecule has 1 fully saturated rings. The third-order valence-corrected chi connectivity index (χ3v) is 3.82. The molecule has 0 amide bonds. The Hall–Kier alpha value is -1.16. The summed E-state index contributed by atoms with van der Waals surface area (Å²) in [6, 6.07) is 6.91. The maximum atomic E-state index is 4.22. The van der Waals surface area contributed by atoms with Gasteiger partial charge >= 0.3 is 0 Å². The lowest BCUT2D eigenvalue weighted by atomic mass is 10.1. The number of nitrogens with zero attached hydrogens (tertiary/aromatic N) is 3. The first-order chi connectivity index (χ1) is 7.75. The predicted molar refractivity (Wildman–Crippen MR) is 66.2 cm³/mol. The molecule has 16 heavy (non-hydrogen) atoms. The first kappa shape index (κ1) is 10.0. The Morgan fingerprint density at radius 2 is 2.19 bits per heavy atom. The van der Waals surface area contributed by atoms with Gasteiger partial charge in [0.05, 0.1) is 0 Å². The number of hydrogen-bond donors (Lipinski definition) is 0. The summed E-state index contributed by atoms with van der Waals surface area (Å²) in [4.78, 5) is 0. The molecule has 0 radical (unpaired) electrons. The fraction of sp³-hybridized carbons (Fsp3) is 0.333. The molecule has 0 saturated heterocycles. The highest BCUT2D eigenvalue weighted by molar-refractivity contribution is 9.10. The lowest BCUT2D eigenvalue weighted by Crippen LogP contribution is -1.96. The van der Waals surface area contributed by atoms with Gasteiger partial charge in [0, 0.05) is 16.1 Å². The summed E-state index contributed by atoms with van der Waals surface area (Å²) in [5, 5.41) is 8.23. The molecule has 0 unspecified atom stereocenters. The third-order valence-electron chi connectivity index (χ3n) is 2.93. The molecule has 1 aliphatic carbocycles. The van der Waals surface area contributed by atoms with E-state index in [9.17, 15) is 0 Å². The van der Waals surface area contributed by atoms with Gasteiger partial charge in [-0.3, -0.25) is 0 Å². The van der Waals surface area contributed by atoms with Crippen LogP contribution in [0.4, 0.5) is 0 Å². The van der Waals surface area contributed by atoms with Crippen LogP contribution in [0, 0.1) is 6.92 Å². The quantitative estimate of drug-likeness (QED) is 0.843. The van der Waals surface area contributed by atoms with Crippen molar-refractivity contribution in [3.63, 3.8) is 0 Å². The standard InChI is InChI=1S/C12H12BrN3/c1-8-6-9(2-5-11(8)13)12-15-14-7-16(12)10-3-4-10/h2,5-7,10H,3-4H2,1H3. The number of halogens is 1. The molecule has 3 rings (SSSR count). The van der Waals surface area contributed by atoms with E-state index in [1.807, 2.05) is 6.33 Å². The minimum Gasteiger partial charge on any atom is -0.310 e. The second-order valence-corrected chi connectivity index (χ2v) is 5.11. The van der Waals surface area contributed by atoms with Crippen LogP contribution in [0.25, 0.3) is 11.4 Å². The largest absolute Gasteiger partial charge is 0.310 e.